The van der Waals surface area contributed by atoms with Crippen molar-refractivity contribution in [2.45, 2.75) is 19.5 Å². The molecule has 2 nitrogen and oxygen atoms in total. The summed E-state index contributed by atoms with van der Waals surface area (Å²) in [5, 5.41) is 3.46. The third-order valence-corrected chi connectivity index (χ3v) is 2.70. The Labute approximate surface area is 99.0 Å². The topological polar surface area (TPSA) is 15.3 Å². The SMILES string of the molecule is C=C.C[C@H]1CN(Cc2ccccc2)CCN1. The largest absolute Gasteiger partial charge is 0.312 e. The second-order valence-corrected chi connectivity index (χ2v) is 4.08. The Kier molecular flexibility index (Phi) is 5.83. The van der Waals surface area contributed by atoms with Gasteiger partial charge in [0.1, 0.15) is 0 Å². The molecule has 1 aromatic carbocycles. The van der Waals surface area contributed by atoms with E-state index < -0.39 is 0 Å². The van der Waals surface area contributed by atoms with Gasteiger partial charge in [-0.2, -0.15) is 0 Å². The number of hydrogen-bond donors (Lipinski definition) is 1. The standard InChI is InChI=1S/C12H18N2.C2H4/c1-11-9-14(8-7-13-11)10-12-5-3-2-4-6-12;1-2/h2-6,11,13H,7-10H2,1H3;1-2H2/t11-;/m0./s1. The maximum Gasteiger partial charge on any atom is 0.0234 e. The van der Waals surface area contributed by atoms with Crippen LogP contribution < -0.4 is 5.32 Å². The number of hydrogen-bond acceptors (Lipinski definition) is 2. The van der Waals surface area contributed by atoms with Crippen molar-refractivity contribution < 1.29 is 0 Å². The summed E-state index contributed by atoms with van der Waals surface area (Å²) in [4.78, 5) is 2.51. The van der Waals surface area contributed by atoms with E-state index in [0.717, 1.165) is 19.6 Å². The lowest BCUT2D eigenvalue weighted by atomic mass is 10.2. The predicted octanol–water partition coefficient (Wildman–Crippen LogP) is 2.28. The molecular weight excluding hydrogens is 196 g/mol. The fourth-order valence-electron chi connectivity index (χ4n) is 2.00. The molecule has 2 rings (SSSR count). The van der Waals surface area contributed by atoms with Crippen molar-refractivity contribution in [3.8, 4) is 0 Å². The quantitative estimate of drug-likeness (QED) is 0.766. The molecule has 0 amide bonds. The molecule has 1 saturated heterocycles. The molecular formula is C14H22N2. The normalized spacial score (nSPS) is 20.9. The summed E-state index contributed by atoms with van der Waals surface area (Å²) in [5.41, 5.74) is 1.42. The number of nitrogens with zero attached hydrogens (tertiary/aromatic N) is 1. The molecule has 88 valence electrons. The van der Waals surface area contributed by atoms with Gasteiger partial charge in [-0.15, -0.1) is 13.2 Å². The van der Waals surface area contributed by atoms with E-state index in [1.54, 1.807) is 0 Å². The first kappa shape index (κ1) is 12.9. The van der Waals surface area contributed by atoms with Crippen LogP contribution in [0.1, 0.15) is 12.5 Å². The third kappa shape index (κ3) is 4.17. The summed E-state index contributed by atoms with van der Waals surface area (Å²) in [7, 11) is 0. The molecule has 0 aliphatic carbocycles. The summed E-state index contributed by atoms with van der Waals surface area (Å²) >= 11 is 0. The predicted molar refractivity (Wildman–Crippen MR) is 70.4 cm³/mol. The van der Waals surface area contributed by atoms with Crippen molar-refractivity contribution in [1.29, 1.82) is 0 Å². The van der Waals surface area contributed by atoms with Crippen LogP contribution in [0.2, 0.25) is 0 Å². The van der Waals surface area contributed by atoms with Crippen LogP contribution in [-0.4, -0.2) is 30.6 Å². The number of piperazine rings is 1. The van der Waals surface area contributed by atoms with Crippen LogP contribution in [0.5, 0.6) is 0 Å². The monoisotopic (exact) mass is 218 g/mol. The van der Waals surface area contributed by atoms with Crippen LogP contribution in [-0.2, 0) is 6.54 Å². The lowest BCUT2D eigenvalue weighted by Crippen LogP contribution is -2.48. The van der Waals surface area contributed by atoms with E-state index in [0.29, 0.717) is 6.04 Å². The summed E-state index contributed by atoms with van der Waals surface area (Å²) < 4.78 is 0. The number of benzene rings is 1. The van der Waals surface area contributed by atoms with Gasteiger partial charge in [-0.25, -0.2) is 0 Å². The van der Waals surface area contributed by atoms with Crippen LogP contribution in [0.3, 0.4) is 0 Å². The van der Waals surface area contributed by atoms with Crippen molar-refractivity contribution in [2.24, 2.45) is 0 Å². The highest BCUT2D eigenvalue weighted by atomic mass is 15.2. The smallest absolute Gasteiger partial charge is 0.0234 e. The number of nitrogens with one attached hydrogen (secondary N) is 1. The zero-order valence-electron chi connectivity index (χ0n) is 10.2. The Morgan fingerprint density at radius 3 is 2.62 bits per heavy atom. The molecule has 0 unspecified atom stereocenters. The van der Waals surface area contributed by atoms with E-state index in [9.17, 15) is 0 Å². The van der Waals surface area contributed by atoms with Crippen LogP contribution >= 0.6 is 0 Å². The lowest BCUT2D eigenvalue weighted by molar-refractivity contribution is 0.199. The molecule has 2 heteroatoms. The highest BCUT2D eigenvalue weighted by Gasteiger charge is 2.14. The maximum absolute atomic E-state index is 3.46. The molecule has 0 spiro atoms. The minimum Gasteiger partial charge on any atom is -0.312 e. The summed E-state index contributed by atoms with van der Waals surface area (Å²) in [6.07, 6.45) is 0. The first-order valence-electron chi connectivity index (χ1n) is 5.84. The summed E-state index contributed by atoms with van der Waals surface area (Å²) in [6, 6.07) is 11.3. The van der Waals surface area contributed by atoms with Gasteiger partial charge in [0.2, 0.25) is 0 Å². The van der Waals surface area contributed by atoms with Crippen LogP contribution in [0, 0.1) is 0 Å². The average Bonchev–Trinajstić information content (AvgIpc) is 2.33. The van der Waals surface area contributed by atoms with Gasteiger partial charge in [0.15, 0.2) is 0 Å². The summed E-state index contributed by atoms with van der Waals surface area (Å²) in [5.74, 6) is 0. The number of rotatable bonds is 2. The average molecular weight is 218 g/mol. The Hall–Kier alpha value is -1.12. The van der Waals surface area contributed by atoms with Crippen LogP contribution in [0.4, 0.5) is 0 Å². The molecule has 0 radical (unpaired) electrons. The van der Waals surface area contributed by atoms with Gasteiger partial charge in [-0.05, 0) is 12.5 Å². The highest BCUT2D eigenvalue weighted by molar-refractivity contribution is 5.14. The molecule has 1 aliphatic rings. The van der Waals surface area contributed by atoms with E-state index in [2.05, 4.69) is 60.6 Å². The fraction of sp³-hybridized carbons (Fsp3) is 0.429. The minimum atomic E-state index is 0.632. The Bertz CT molecular complexity index is 284. The van der Waals surface area contributed by atoms with E-state index in [1.807, 2.05) is 0 Å². The molecule has 0 aromatic heterocycles. The van der Waals surface area contributed by atoms with Crippen molar-refractivity contribution >= 4 is 0 Å². The van der Waals surface area contributed by atoms with Crippen molar-refractivity contribution in [1.82, 2.24) is 10.2 Å². The van der Waals surface area contributed by atoms with E-state index in [-0.39, 0.29) is 0 Å². The summed E-state index contributed by atoms with van der Waals surface area (Å²) in [6.45, 7) is 12.8. The van der Waals surface area contributed by atoms with Gasteiger partial charge in [0.05, 0.1) is 0 Å². The molecule has 16 heavy (non-hydrogen) atoms. The second kappa shape index (κ2) is 7.20. The van der Waals surface area contributed by atoms with Crippen molar-refractivity contribution in [3.05, 3.63) is 49.1 Å². The molecule has 1 fully saturated rings. The van der Waals surface area contributed by atoms with Crippen molar-refractivity contribution in [3.63, 3.8) is 0 Å². The molecule has 1 atom stereocenters. The van der Waals surface area contributed by atoms with Crippen molar-refractivity contribution in [2.75, 3.05) is 19.6 Å². The molecule has 0 bridgehead atoms. The van der Waals surface area contributed by atoms with E-state index >= 15 is 0 Å². The molecule has 1 aliphatic heterocycles. The van der Waals surface area contributed by atoms with E-state index in [1.165, 1.54) is 12.1 Å². The Morgan fingerprint density at radius 2 is 2.00 bits per heavy atom. The first-order chi connectivity index (χ1) is 7.84. The lowest BCUT2D eigenvalue weighted by Gasteiger charge is -2.31. The first-order valence-corrected chi connectivity index (χ1v) is 5.84. The van der Waals surface area contributed by atoms with Gasteiger partial charge in [0.25, 0.3) is 0 Å². The third-order valence-electron chi connectivity index (χ3n) is 2.70. The zero-order chi connectivity index (χ0) is 11.8. The van der Waals surface area contributed by atoms with Gasteiger partial charge < -0.3 is 5.32 Å². The van der Waals surface area contributed by atoms with Gasteiger partial charge >= 0.3 is 0 Å². The van der Waals surface area contributed by atoms with Gasteiger partial charge in [-0.3, -0.25) is 4.90 Å². The molecule has 1 aromatic rings. The minimum absolute atomic E-state index is 0.632. The van der Waals surface area contributed by atoms with Crippen LogP contribution in [0.15, 0.2) is 43.5 Å². The van der Waals surface area contributed by atoms with Gasteiger partial charge in [-0.1, -0.05) is 30.3 Å². The van der Waals surface area contributed by atoms with Gasteiger partial charge in [0, 0.05) is 32.2 Å². The van der Waals surface area contributed by atoms with Crippen LogP contribution in [0.25, 0.3) is 0 Å². The highest BCUT2D eigenvalue weighted by Crippen LogP contribution is 2.06. The maximum atomic E-state index is 3.46. The molecule has 0 saturated carbocycles. The second-order valence-electron chi connectivity index (χ2n) is 4.08. The molecule has 1 heterocycles. The Morgan fingerprint density at radius 1 is 1.31 bits per heavy atom. The Balaban J connectivity index is 0.000000606. The molecule has 1 N–H and O–H groups in total. The fourth-order valence-corrected chi connectivity index (χ4v) is 2.00. The zero-order valence-corrected chi connectivity index (χ0v) is 10.2. The van der Waals surface area contributed by atoms with E-state index in [4.69, 9.17) is 0 Å².